The van der Waals surface area contributed by atoms with Gasteiger partial charge in [0, 0.05) is 47.3 Å². The Bertz CT molecular complexity index is 1570. The van der Waals surface area contributed by atoms with E-state index in [1.165, 1.54) is 0 Å². The van der Waals surface area contributed by atoms with Gasteiger partial charge in [-0.15, -0.1) is 0 Å². The number of carbonyl (C=O) groups excluding carboxylic acids is 5. The predicted octanol–water partition coefficient (Wildman–Crippen LogP) is 3.73. The van der Waals surface area contributed by atoms with Gasteiger partial charge in [-0.1, -0.05) is 79.2 Å². The highest BCUT2D eigenvalue weighted by Crippen LogP contribution is 2.30. The van der Waals surface area contributed by atoms with Gasteiger partial charge in [-0.2, -0.15) is 0 Å². The summed E-state index contributed by atoms with van der Waals surface area (Å²) < 4.78 is 17.6. The summed E-state index contributed by atoms with van der Waals surface area (Å²) in [6.45, 7) is 16.1. The SMILES string of the molecule is CC[C@H](C)[C@@H]([C@@H](CC(=O)N1CCC[C@H]1[C@H](OC)[C@@H](C)C(=O)N[C@@H](CC1C=CC=CC1)C(=O)N1CCOCC1)OC)N(C)C(=O)[C@@H](NC(=O)[C@H](C(C)C)N(C)CCCC(=O)O)C(C)C. The maximum atomic E-state index is 14.5. The summed E-state index contributed by atoms with van der Waals surface area (Å²) in [5.41, 5.74) is 0. The van der Waals surface area contributed by atoms with E-state index in [1.807, 2.05) is 58.6 Å². The molecule has 2 fully saturated rings. The number of methoxy groups -OCH3 is 2. The van der Waals surface area contributed by atoms with Crippen LogP contribution >= 0.6 is 0 Å². The van der Waals surface area contributed by atoms with Crippen molar-refractivity contribution in [1.82, 2.24) is 30.2 Å². The Morgan fingerprint density at radius 2 is 1.59 bits per heavy atom. The van der Waals surface area contributed by atoms with Gasteiger partial charge in [0.05, 0.1) is 55.9 Å². The largest absolute Gasteiger partial charge is 0.481 e. The van der Waals surface area contributed by atoms with Crippen molar-refractivity contribution in [2.24, 2.45) is 29.6 Å². The molecule has 5 amide bonds. The number of aliphatic carboxylic acids is 1. The summed E-state index contributed by atoms with van der Waals surface area (Å²) in [4.78, 5) is 88.8. The number of nitrogens with zero attached hydrogens (tertiary/aromatic N) is 4. The molecule has 0 bridgehead atoms. The van der Waals surface area contributed by atoms with Gasteiger partial charge in [0.15, 0.2) is 0 Å². The number of carbonyl (C=O) groups is 6. The average Bonchev–Trinajstić information content (AvgIpc) is 3.74. The maximum absolute atomic E-state index is 14.5. The third-order valence-electron chi connectivity index (χ3n) is 13.3. The number of likely N-dealkylation sites (tertiary alicyclic amines) is 1. The summed E-state index contributed by atoms with van der Waals surface area (Å²) in [6.07, 6.45) is 10.4. The van der Waals surface area contributed by atoms with Crippen LogP contribution in [0.5, 0.6) is 0 Å². The zero-order valence-corrected chi connectivity index (χ0v) is 40.0. The van der Waals surface area contributed by atoms with Crippen molar-refractivity contribution in [3.8, 4) is 0 Å². The zero-order valence-electron chi connectivity index (χ0n) is 40.0. The van der Waals surface area contributed by atoms with Crippen LogP contribution in [-0.4, -0.2) is 170 Å². The number of carboxylic acids is 1. The Morgan fingerprint density at radius 3 is 2.14 bits per heavy atom. The molecule has 3 aliphatic rings. The van der Waals surface area contributed by atoms with Crippen molar-refractivity contribution < 1.29 is 48.1 Å². The smallest absolute Gasteiger partial charge is 0.303 e. The number of hydrogen-bond donors (Lipinski definition) is 3. The molecule has 0 spiro atoms. The van der Waals surface area contributed by atoms with Gasteiger partial charge in [-0.25, -0.2) is 0 Å². The van der Waals surface area contributed by atoms with Gasteiger partial charge < -0.3 is 44.7 Å². The molecule has 3 rings (SSSR count). The van der Waals surface area contributed by atoms with E-state index in [1.54, 1.807) is 49.9 Å². The molecular weight excluding hydrogens is 809 g/mol. The molecule has 2 heterocycles. The van der Waals surface area contributed by atoms with E-state index < -0.39 is 54.3 Å². The lowest BCUT2D eigenvalue weighted by Gasteiger charge is -2.41. The highest BCUT2D eigenvalue weighted by Gasteiger charge is 2.44. The number of rotatable bonds is 25. The average molecular weight is 889 g/mol. The minimum Gasteiger partial charge on any atom is -0.481 e. The molecule has 0 aromatic rings. The maximum Gasteiger partial charge on any atom is 0.303 e. The molecule has 0 saturated carbocycles. The van der Waals surface area contributed by atoms with Gasteiger partial charge in [-0.05, 0) is 69.4 Å². The molecular formula is C47H80N6O10. The first-order valence-corrected chi connectivity index (χ1v) is 23.2. The number of carboxylic acid groups (broad SMARTS) is 1. The first-order chi connectivity index (χ1) is 29.9. The van der Waals surface area contributed by atoms with E-state index in [0.717, 1.165) is 12.8 Å². The number of amides is 5. The van der Waals surface area contributed by atoms with E-state index in [-0.39, 0.29) is 66.0 Å². The van der Waals surface area contributed by atoms with Crippen LogP contribution in [0, 0.1) is 29.6 Å². The number of hydrogen-bond acceptors (Lipinski definition) is 10. The molecule has 1 aliphatic carbocycles. The Morgan fingerprint density at radius 1 is 0.905 bits per heavy atom. The van der Waals surface area contributed by atoms with Crippen LogP contribution in [0.3, 0.4) is 0 Å². The fraction of sp³-hybridized carbons (Fsp3) is 0.787. The molecule has 16 nitrogen and oxygen atoms in total. The predicted molar refractivity (Wildman–Crippen MR) is 241 cm³/mol. The number of allylic oxidation sites excluding steroid dienone is 4. The quantitative estimate of drug-likeness (QED) is 0.121. The summed E-state index contributed by atoms with van der Waals surface area (Å²) in [5.74, 6) is -3.16. The molecule has 0 aromatic heterocycles. The van der Waals surface area contributed by atoms with Crippen molar-refractivity contribution in [3.05, 3.63) is 24.3 Å². The van der Waals surface area contributed by atoms with Gasteiger partial charge in [0.1, 0.15) is 12.1 Å². The van der Waals surface area contributed by atoms with Crippen LogP contribution in [0.15, 0.2) is 24.3 Å². The van der Waals surface area contributed by atoms with Crippen LogP contribution in [0.2, 0.25) is 0 Å². The monoisotopic (exact) mass is 889 g/mol. The molecule has 3 N–H and O–H groups in total. The van der Waals surface area contributed by atoms with Crippen molar-refractivity contribution in [2.75, 3.05) is 67.7 Å². The number of ether oxygens (including phenoxy) is 3. The molecule has 10 atom stereocenters. The highest BCUT2D eigenvalue weighted by atomic mass is 16.5. The molecule has 0 radical (unpaired) electrons. The molecule has 2 saturated heterocycles. The second-order valence-corrected chi connectivity index (χ2v) is 18.5. The Hall–Kier alpha value is -3.86. The standard InChI is InChI=1S/C47H80N6O10/c1-12-32(6)42(51(9)47(60)40(30(2)3)49-45(58)41(31(4)5)50(8)22-17-21-39(55)56)37(61-10)29-38(54)53-23-16-20-36(53)43(62-11)33(7)44(57)48-35(28-34-18-14-13-15-19-34)46(59)52-24-26-63-27-25-52/h13-15,18,30-37,40-43H,12,16-17,19-29H2,1-11H3,(H,48,57)(H,49,58)(H,55,56)/t32-,33+,34?,35-,36-,37+,40-,41-,42-,43+/m0/s1. The lowest BCUT2D eigenvalue weighted by atomic mass is 9.89. The second kappa shape index (κ2) is 26.2. The molecule has 16 heteroatoms. The second-order valence-electron chi connectivity index (χ2n) is 18.5. The van der Waals surface area contributed by atoms with E-state index in [4.69, 9.17) is 19.3 Å². The summed E-state index contributed by atoms with van der Waals surface area (Å²) in [5, 5.41) is 15.2. The summed E-state index contributed by atoms with van der Waals surface area (Å²) in [7, 11) is 6.58. The normalized spacial score (nSPS) is 21.7. The van der Waals surface area contributed by atoms with Gasteiger partial charge >= 0.3 is 5.97 Å². The van der Waals surface area contributed by atoms with Crippen molar-refractivity contribution in [3.63, 3.8) is 0 Å². The van der Waals surface area contributed by atoms with E-state index in [0.29, 0.717) is 65.1 Å². The third kappa shape index (κ3) is 15.1. The number of nitrogens with one attached hydrogen (secondary N) is 2. The topological polar surface area (TPSA) is 187 Å². The third-order valence-corrected chi connectivity index (χ3v) is 13.3. The fourth-order valence-electron chi connectivity index (χ4n) is 9.55. The minimum atomic E-state index is -0.896. The minimum absolute atomic E-state index is 0.00674. The molecule has 0 aromatic carbocycles. The Balaban J connectivity index is 1.78. The van der Waals surface area contributed by atoms with Gasteiger partial charge in [0.25, 0.3) is 0 Å². The van der Waals surface area contributed by atoms with E-state index >= 15 is 0 Å². The first-order valence-electron chi connectivity index (χ1n) is 23.2. The van der Waals surface area contributed by atoms with Crippen LogP contribution in [-0.2, 0) is 43.0 Å². The van der Waals surface area contributed by atoms with E-state index in [2.05, 4.69) is 22.8 Å². The molecule has 358 valence electrons. The Labute approximate surface area is 376 Å². The fourth-order valence-corrected chi connectivity index (χ4v) is 9.55. The van der Waals surface area contributed by atoms with Crippen molar-refractivity contribution in [1.29, 1.82) is 0 Å². The summed E-state index contributed by atoms with van der Waals surface area (Å²) >= 11 is 0. The molecule has 1 unspecified atom stereocenters. The van der Waals surface area contributed by atoms with Crippen molar-refractivity contribution in [2.45, 2.75) is 142 Å². The first kappa shape index (κ1) is 53.5. The number of likely N-dealkylation sites (N-methyl/N-ethyl adjacent to an activating group) is 2. The van der Waals surface area contributed by atoms with Gasteiger partial charge in [0.2, 0.25) is 29.5 Å². The lowest BCUT2D eigenvalue weighted by molar-refractivity contribution is -0.148. The molecule has 2 aliphatic heterocycles. The Kier molecular flexibility index (Phi) is 22.2. The highest BCUT2D eigenvalue weighted by molar-refractivity contribution is 5.91. The molecule has 63 heavy (non-hydrogen) atoms. The van der Waals surface area contributed by atoms with Gasteiger partial charge in [-0.3, -0.25) is 33.7 Å². The van der Waals surface area contributed by atoms with Crippen LogP contribution < -0.4 is 10.6 Å². The lowest BCUT2D eigenvalue weighted by Crippen LogP contribution is -2.60. The number of morpholine rings is 1. The van der Waals surface area contributed by atoms with Crippen LogP contribution in [0.25, 0.3) is 0 Å². The zero-order chi connectivity index (χ0) is 47.0. The summed E-state index contributed by atoms with van der Waals surface area (Å²) in [6, 6.07) is -3.10. The van der Waals surface area contributed by atoms with Crippen molar-refractivity contribution >= 4 is 35.5 Å². The van der Waals surface area contributed by atoms with Crippen LogP contribution in [0.4, 0.5) is 0 Å². The van der Waals surface area contributed by atoms with E-state index in [9.17, 15) is 28.8 Å². The van der Waals surface area contributed by atoms with Crippen LogP contribution in [0.1, 0.15) is 99.8 Å².